The van der Waals surface area contributed by atoms with Crippen molar-refractivity contribution >= 4 is 17.6 Å². The Kier molecular flexibility index (Phi) is 2.77. The van der Waals surface area contributed by atoms with Crippen molar-refractivity contribution in [3.05, 3.63) is 50.9 Å². The van der Waals surface area contributed by atoms with Crippen LogP contribution >= 0.6 is 11.6 Å². The second-order valence-electron chi connectivity index (χ2n) is 3.57. The predicted molar refractivity (Wildman–Crippen MR) is 63.1 cm³/mol. The number of carbonyl (C=O) groups is 1. The van der Waals surface area contributed by atoms with Gasteiger partial charge in [0.1, 0.15) is 5.56 Å². The van der Waals surface area contributed by atoms with Gasteiger partial charge >= 0.3 is 5.97 Å². The molecule has 2 N–H and O–H groups in total. The van der Waals surface area contributed by atoms with Crippen molar-refractivity contribution in [3.63, 3.8) is 0 Å². The minimum Gasteiger partial charge on any atom is -0.477 e. The summed E-state index contributed by atoms with van der Waals surface area (Å²) in [6.45, 7) is 1.84. The molecule has 0 aliphatic carbocycles. The van der Waals surface area contributed by atoms with Crippen molar-refractivity contribution < 1.29 is 9.90 Å². The van der Waals surface area contributed by atoms with E-state index >= 15 is 0 Å². The summed E-state index contributed by atoms with van der Waals surface area (Å²) in [5.41, 5.74) is 0.464. The number of benzene rings is 1. The Hall–Kier alpha value is -2.01. The average molecular weight is 253 g/mol. The second kappa shape index (κ2) is 4.10. The maximum absolute atomic E-state index is 11.7. The Bertz CT molecular complexity index is 642. The highest BCUT2D eigenvalue weighted by atomic mass is 35.5. The number of aromatic nitrogens is 2. The molecule has 0 bridgehead atoms. The van der Waals surface area contributed by atoms with Gasteiger partial charge in [-0.1, -0.05) is 17.7 Å². The quantitative estimate of drug-likeness (QED) is 0.856. The summed E-state index contributed by atoms with van der Waals surface area (Å²) in [5.74, 6) is -1.26. The molecule has 0 saturated heterocycles. The first kappa shape index (κ1) is 11.5. The van der Waals surface area contributed by atoms with Crippen molar-refractivity contribution in [1.29, 1.82) is 0 Å². The van der Waals surface area contributed by atoms with E-state index in [9.17, 15) is 9.59 Å². The molecule has 5 nitrogen and oxygen atoms in total. The van der Waals surface area contributed by atoms with Crippen LogP contribution in [0.15, 0.2) is 29.2 Å². The minimum atomic E-state index is -1.26. The van der Waals surface area contributed by atoms with Crippen molar-refractivity contribution in [2.24, 2.45) is 0 Å². The number of halogens is 1. The third-order valence-corrected chi connectivity index (χ3v) is 2.82. The van der Waals surface area contributed by atoms with E-state index in [2.05, 4.69) is 5.10 Å². The zero-order valence-electron chi connectivity index (χ0n) is 8.90. The molecule has 0 unspecified atom stereocenters. The molecule has 0 amide bonds. The van der Waals surface area contributed by atoms with E-state index in [1.165, 1.54) is 0 Å². The standard InChI is InChI=1S/C11H9ClN2O3/c1-6-2-3-7(4-9(6)12)14-10(15)8(5-13-14)11(16)17/h2-5,13H,1H3,(H,16,17). The number of aryl methyl sites for hydroxylation is 1. The minimum absolute atomic E-state index is 0.304. The fourth-order valence-corrected chi connectivity index (χ4v) is 1.61. The number of H-pyrrole nitrogens is 1. The van der Waals surface area contributed by atoms with Gasteiger partial charge < -0.3 is 5.11 Å². The summed E-state index contributed by atoms with van der Waals surface area (Å²) >= 11 is 5.94. The van der Waals surface area contributed by atoms with Gasteiger partial charge in [0.2, 0.25) is 0 Å². The molecule has 0 fully saturated rings. The van der Waals surface area contributed by atoms with Crippen LogP contribution in [0.5, 0.6) is 0 Å². The van der Waals surface area contributed by atoms with Crippen LogP contribution in [-0.2, 0) is 0 Å². The highest BCUT2D eigenvalue weighted by molar-refractivity contribution is 6.31. The summed E-state index contributed by atoms with van der Waals surface area (Å²) in [4.78, 5) is 22.4. The third kappa shape index (κ3) is 1.97. The number of nitrogens with zero attached hydrogens (tertiary/aromatic N) is 1. The molecule has 0 radical (unpaired) electrons. The maximum Gasteiger partial charge on any atom is 0.342 e. The lowest BCUT2D eigenvalue weighted by atomic mass is 10.2. The Balaban J connectivity index is 2.58. The second-order valence-corrected chi connectivity index (χ2v) is 3.97. The van der Waals surface area contributed by atoms with E-state index in [1.807, 2.05) is 6.92 Å². The lowest BCUT2D eigenvalue weighted by Crippen LogP contribution is -2.19. The average Bonchev–Trinajstić information content (AvgIpc) is 2.64. The number of carboxylic acids is 1. The number of carboxylic acid groups (broad SMARTS) is 1. The maximum atomic E-state index is 11.7. The highest BCUT2D eigenvalue weighted by Crippen LogP contribution is 2.18. The van der Waals surface area contributed by atoms with Crippen molar-refractivity contribution in [1.82, 2.24) is 9.78 Å². The monoisotopic (exact) mass is 252 g/mol. The number of aromatic carboxylic acids is 1. The molecular formula is C11H9ClN2O3. The summed E-state index contributed by atoms with van der Waals surface area (Å²) in [7, 11) is 0. The van der Waals surface area contributed by atoms with Gasteiger partial charge in [-0.15, -0.1) is 0 Å². The topological polar surface area (TPSA) is 75.1 Å². The van der Waals surface area contributed by atoms with Gasteiger partial charge in [0.25, 0.3) is 5.56 Å². The number of hydrogen-bond donors (Lipinski definition) is 2. The first-order valence-corrected chi connectivity index (χ1v) is 5.19. The van der Waals surface area contributed by atoms with Gasteiger partial charge in [0.05, 0.1) is 5.69 Å². The number of nitrogens with one attached hydrogen (secondary N) is 1. The van der Waals surface area contributed by atoms with Gasteiger partial charge in [-0.05, 0) is 24.6 Å². The largest absolute Gasteiger partial charge is 0.477 e. The van der Waals surface area contributed by atoms with Gasteiger partial charge in [0, 0.05) is 11.2 Å². The molecule has 1 heterocycles. The molecule has 2 aromatic rings. The summed E-state index contributed by atoms with van der Waals surface area (Å²) < 4.78 is 1.13. The van der Waals surface area contributed by atoms with E-state index in [4.69, 9.17) is 16.7 Å². The van der Waals surface area contributed by atoms with Gasteiger partial charge in [-0.3, -0.25) is 9.89 Å². The first-order chi connectivity index (χ1) is 8.00. The molecule has 1 aromatic heterocycles. The molecule has 0 atom stereocenters. The van der Waals surface area contributed by atoms with Gasteiger partial charge in [-0.25, -0.2) is 9.48 Å². The fraction of sp³-hybridized carbons (Fsp3) is 0.0909. The van der Waals surface area contributed by atoms with Crippen molar-refractivity contribution in [2.45, 2.75) is 6.92 Å². The highest BCUT2D eigenvalue weighted by Gasteiger charge is 2.14. The van der Waals surface area contributed by atoms with E-state index in [-0.39, 0.29) is 5.56 Å². The van der Waals surface area contributed by atoms with Crippen LogP contribution in [-0.4, -0.2) is 20.9 Å². The number of rotatable bonds is 2. The molecule has 0 spiro atoms. The lowest BCUT2D eigenvalue weighted by Gasteiger charge is -2.03. The van der Waals surface area contributed by atoms with Crippen molar-refractivity contribution in [3.8, 4) is 5.69 Å². The Morgan fingerprint density at radius 3 is 2.71 bits per heavy atom. The zero-order chi connectivity index (χ0) is 12.6. The fourth-order valence-electron chi connectivity index (χ4n) is 1.44. The zero-order valence-corrected chi connectivity index (χ0v) is 9.65. The number of aromatic amines is 1. The van der Waals surface area contributed by atoms with E-state index in [0.29, 0.717) is 10.7 Å². The Labute approximate surface area is 101 Å². The molecule has 17 heavy (non-hydrogen) atoms. The van der Waals surface area contributed by atoms with E-state index in [1.54, 1.807) is 18.2 Å². The van der Waals surface area contributed by atoms with Crippen LogP contribution in [0.25, 0.3) is 5.69 Å². The van der Waals surface area contributed by atoms with Crippen LogP contribution in [0.4, 0.5) is 0 Å². The van der Waals surface area contributed by atoms with Gasteiger partial charge in [-0.2, -0.15) is 0 Å². The molecule has 2 rings (SSSR count). The molecule has 1 aromatic carbocycles. The van der Waals surface area contributed by atoms with E-state index in [0.717, 1.165) is 16.4 Å². The molecule has 0 saturated carbocycles. The van der Waals surface area contributed by atoms with Gasteiger partial charge in [0.15, 0.2) is 0 Å². The van der Waals surface area contributed by atoms with Crippen LogP contribution in [0.1, 0.15) is 15.9 Å². The van der Waals surface area contributed by atoms with Crippen LogP contribution in [0, 0.1) is 6.92 Å². The van der Waals surface area contributed by atoms with Crippen LogP contribution in [0.2, 0.25) is 5.02 Å². The molecular weight excluding hydrogens is 244 g/mol. The summed E-state index contributed by atoms with van der Waals surface area (Å²) in [6, 6.07) is 5.04. The predicted octanol–water partition coefficient (Wildman–Crippen LogP) is 1.83. The third-order valence-electron chi connectivity index (χ3n) is 2.42. The van der Waals surface area contributed by atoms with Crippen LogP contribution in [0.3, 0.4) is 0 Å². The lowest BCUT2D eigenvalue weighted by molar-refractivity contribution is 0.0695. The van der Waals surface area contributed by atoms with E-state index < -0.39 is 11.5 Å². The molecule has 0 aliphatic heterocycles. The smallest absolute Gasteiger partial charge is 0.342 e. The van der Waals surface area contributed by atoms with Crippen molar-refractivity contribution in [2.75, 3.05) is 0 Å². The van der Waals surface area contributed by atoms with Crippen LogP contribution < -0.4 is 5.56 Å². The summed E-state index contributed by atoms with van der Waals surface area (Å²) in [6.07, 6.45) is 1.15. The normalized spacial score (nSPS) is 10.5. The SMILES string of the molecule is Cc1ccc(-n2[nH]cc(C(=O)O)c2=O)cc1Cl. The first-order valence-electron chi connectivity index (χ1n) is 4.81. The molecule has 88 valence electrons. The summed E-state index contributed by atoms with van der Waals surface area (Å²) in [5, 5.41) is 11.9. The Morgan fingerprint density at radius 1 is 1.47 bits per heavy atom. The Morgan fingerprint density at radius 2 is 2.18 bits per heavy atom. The number of hydrogen-bond acceptors (Lipinski definition) is 2. The molecule has 0 aliphatic rings. The molecule has 6 heteroatoms.